The van der Waals surface area contributed by atoms with E-state index >= 15 is 0 Å². The van der Waals surface area contributed by atoms with Gasteiger partial charge in [-0.2, -0.15) is 13.2 Å². The summed E-state index contributed by atoms with van der Waals surface area (Å²) in [6, 6.07) is 4.36. The lowest BCUT2D eigenvalue weighted by atomic mass is 9.73. The van der Waals surface area contributed by atoms with Gasteiger partial charge >= 0.3 is 6.18 Å². The number of nitrogens with zero attached hydrogens (tertiary/aromatic N) is 2. The summed E-state index contributed by atoms with van der Waals surface area (Å²) in [5.41, 5.74) is 2.49. The molecular weight excluding hydrogens is 525 g/mol. The second-order valence-corrected chi connectivity index (χ2v) is 12.3. The lowest BCUT2D eigenvalue weighted by molar-refractivity contribution is -0.154. The number of hydrogen-bond donors (Lipinski definition) is 3. The molecule has 0 aromatic carbocycles. The Balaban J connectivity index is 1.47. The number of aliphatic hydroxyl groups is 1. The highest BCUT2D eigenvalue weighted by molar-refractivity contribution is 5.73. The van der Waals surface area contributed by atoms with E-state index in [2.05, 4.69) is 47.4 Å². The number of fused-ring (bicyclic) bond motifs is 1. The number of hydrogen-bond acceptors (Lipinski definition) is 7. The van der Waals surface area contributed by atoms with Gasteiger partial charge in [0.05, 0.1) is 12.1 Å². The van der Waals surface area contributed by atoms with Crippen molar-refractivity contribution in [3.8, 4) is 11.8 Å². The van der Waals surface area contributed by atoms with Crippen molar-refractivity contribution in [1.82, 2.24) is 20.6 Å². The van der Waals surface area contributed by atoms with E-state index in [-0.39, 0.29) is 41.8 Å². The number of pyridine rings is 2. The number of rotatable bonds is 10. The van der Waals surface area contributed by atoms with Crippen LogP contribution in [-0.2, 0) is 17.6 Å². The van der Waals surface area contributed by atoms with E-state index in [1.165, 1.54) is 19.2 Å². The van der Waals surface area contributed by atoms with Gasteiger partial charge in [0.1, 0.15) is 5.60 Å². The third-order valence-corrected chi connectivity index (χ3v) is 7.26. The van der Waals surface area contributed by atoms with Crippen molar-refractivity contribution in [2.24, 2.45) is 5.41 Å². The van der Waals surface area contributed by atoms with Gasteiger partial charge in [0, 0.05) is 50.0 Å². The van der Waals surface area contributed by atoms with Crippen LogP contribution in [0.4, 0.5) is 13.2 Å². The molecule has 3 N–H and O–H groups in total. The molecule has 1 amide bonds. The average molecular weight is 565 g/mol. The zero-order valence-electron chi connectivity index (χ0n) is 23.5. The number of amides is 1. The first kappa shape index (κ1) is 30.0. The average Bonchev–Trinajstić information content (AvgIpc) is 2.83. The Morgan fingerprint density at radius 3 is 2.60 bits per heavy atom. The van der Waals surface area contributed by atoms with Crippen molar-refractivity contribution in [3.63, 3.8) is 0 Å². The molecule has 1 fully saturated rings. The smallest absolute Gasteiger partial charge is 0.422 e. The van der Waals surface area contributed by atoms with Crippen LogP contribution in [0.5, 0.6) is 11.8 Å². The number of nitrogens with one attached hydrogen (secondary N) is 2. The topological polar surface area (TPSA) is 106 Å². The van der Waals surface area contributed by atoms with Crippen LogP contribution in [0.15, 0.2) is 30.6 Å². The Hall–Kier alpha value is -2.92. The van der Waals surface area contributed by atoms with Gasteiger partial charge in [-0.1, -0.05) is 20.8 Å². The molecular formula is C29H39F3N4O4. The van der Waals surface area contributed by atoms with Crippen molar-refractivity contribution in [3.05, 3.63) is 47.3 Å². The summed E-state index contributed by atoms with van der Waals surface area (Å²) < 4.78 is 48.8. The predicted molar refractivity (Wildman–Crippen MR) is 143 cm³/mol. The van der Waals surface area contributed by atoms with Crippen molar-refractivity contribution in [1.29, 1.82) is 0 Å². The first-order valence-electron chi connectivity index (χ1n) is 13.7. The van der Waals surface area contributed by atoms with E-state index in [9.17, 15) is 23.1 Å². The van der Waals surface area contributed by atoms with Crippen LogP contribution < -0.4 is 20.1 Å². The fraction of sp³-hybridized carbons (Fsp3) is 0.621. The normalized spacial score (nSPS) is 19.6. The van der Waals surface area contributed by atoms with Crippen molar-refractivity contribution >= 4 is 5.91 Å². The van der Waals surface area contributed by atoms with Crippen LogP contribution in [0, 0.1) is 5.41 Å². The van der Waals surface area contributed by atoms with Gasteiger partial charge in [-0.15, -0.1) is 0 Å². The number of carbonyl (C=O) groups is 1. The zero-order valence-corrected chi connectivity index (χ0v) is 23.5. The van der Waals surface area contributed by atoms with Gasteiger partial charge in [-0.05, 0) is 60.8 Å². The van der Waals surface area contributed by atoms with Crippen LogP contribution in [-0.4, -0.2) is 58.1 Å². The summed E-state index contributed by atoms with van der Waals surface area (Å²) in [4.78, 5) is 20.4. The SMILES string of the molecule is CC(=O)N[C@@H](Cc1ccnc(OCC(F)(F)F)c1)[C@@H](O)CN[C@H]1CC2(CCC2)Oc2ncc(CC(C)(C)C)cc21. The molecule has 1 aliphatic heterocycles. The van der Waals surface area contributed by atoms with Gasteiger partial charge in [-0.25, -0.2) is 9.97 Å². The maximum absolute atomic E-state index is 12.5. The molecule has 2 aromatic heterocycles. The second-order valence-electron chi connectivity index (χ2n) is 12.3. The van der Waals surface area contributed by atoms with Gasteiger partial charge < -0.3 is 25.2 Å². The van der Waals surface area contributed by atoms with E-state index in [4.69, 9.17) is 9.47 Å². The van der Waals surface area contributed by atoms with Crippen LogP contribution >= 0.6 is 0 Å². The number of aliphatic hydroxyl groups excluding tert-OH is 1. The molecule has 40 heavy (non-hydrogen) atoms. The van der Waals surface area contributed by atoms with Gasteiger partial charge in [-0.3, -0.25) is 4.79 Å². The summed E-state index contributed by atoms with van der Waals surface area (Å²) in [6.45, 7) is 6.61. The Labute approximate surface area is 233 Å². The quantitative estimate of drug-likeness (QED) is 0.392. The summed E-state index contributed by atoms with van der Waals surface area (Å²) >= 11 is 0. The van der Waals surface area contributed by atoms with E-state index in [1.54, 1.807) is 6.07 Å². The molecule has 0 saturated heterocycles. The molecule has 1 saturated carbocycles. The lowest BCUT2D eigenvalue weighted by Gasteiger charge is -2.47. The molecule has 220 valence electrons. The molecule has 2 aliphatic rings. The maximum Gasteiger partial charge on any atom is 0.422 e. The summed E-state index contributed by atoms with van der Waals surface area (Å²) in [7, 11) is 0. The molecule has 4 rings (SSSR count). The number of carbonyl (C=O) groups excluding carboxylic acids is 1. The third kappa shape index (κ3) is 8.30. The molecule has 1 spiro atoms. The van der Waals surface area contributed by atoms with Crippen LogP contribution in [0.25, 0.3) is 0 Å². The predicted octanol–water partition coefficient (Wildman–Crippen LogP) is 4.45. The molecule has 1 aliphatic carbocycles. The monoisotopic (exact) mass is 564 g/mol. The Morgan fingerprint density at radius 2 is 1.98 bits per heavy atom. The highest BCUT2D eigenvalue weighted by Gasteiger charge is 2.46. The lowest BCUT2D eigenvalue weighted by Crippen LogP contribution is -2.52. The van der Waals surface area contributed by atoms with Crippen molar-refractivity contribution < 1.29 is 32.5 Å². The Bertz CT molecular complexity index is 1180. The first-order valence-corrected chi connectivity index (χ1v) is 13.7. The minimum atomic E-state index is -4.48. The zero-order chi connectivity index (χ0) is 29.1. The van der Waals surface area contributed by atoms with Crippen molar-refractivity contribution in [2.45, 2.75) is 96.2 Å². The second kappa shape index (κ2) is 11.9. The first-order chi connectivity index (χ1) is 18.7. The van der Waals surface area contributed by atoms with Gasteiger partial charge in [0.2, 0.25) is 17.7 Å². The summed E-state index contributed by atoms with van der Waals surface area (Å²) in [5, 5.41) is 17.4. The Kier molecular flexibility index (Phi) is 8.94. The molecule has 3 atom stereocenters. The number of ether oxygens (including phenoxy) is 2. The number of aromatic nitrogens is 2. The molecule has 0 unspecified atom stereocenters. The fourth-order valence-corrected chi connectivity index (χ4v) is 5.36. The van der Waals surface area contributed by atoms with Crippen LogP contribution in [0.1, 0.15) is 76.1 Å². The van der Waals surface area contributed by atoms with Gasteiger partial charge in [0.15, 0.2) is 6.61 Å². The van der Waals surface area contributed by atoms with Crippen molar-refractivity contribution in [2.75, 3.05) is 13.2 Å². The third-order valence-electron chi connectivity index (χ3n) is 7.26. The molecule has 3 heterocycles. The number of alkyl halides is 3. The molecule has 11 heteroatoms. The number of halogens is 3. The fourth-order valence-electron chi connectivity index (χ4n) is 5.36. The maximum atomic E-state index is 12.5. The van der Waals surface area contributed by atoms with E-state index in [0.717, 1.165) is 43.2 Å². The summed E-state index contributed by atoms with van der Waals surface area (Å²) in [6.07, 6.45) is 2.55. The largest absolute Gasteiger partial charge is 0.471 e. The highest BCUT2D eigenvalue weighted by Crippen LogP contribution is 2.48. The highest BCUT2D eigenvalue weighted by atomic mass is 19.4. The molecule has 8 nitrogen and oxygen atoms in total. The molecule has 2 aromatic rings. The molecule has 0 bridgehead atoms. The van der Waals surface area contributed by atoms with E-state index in [0.29, 0.717) is 11.4 Å². The van der Waals surface area contributed by atoms with E-state index in [1.807, 2.05) is 6.20 Å². The molecule has 0 radical (unpaired) electrons. The standard InChI is InChI=1S/C29H39F3N4O4/c1-18(37)36-22(11-19-6-9-33-25(12-19)39-17-29(30,31)32)24(38)16-34-23-14-28(7-5-8-28)40-26-21(23)10-20(15-35-26)13-27(2,3)4/h6,9-10,12,15,22-24,34,38H,5,7-8,11,13-14,16-17H2,1-4H3,(H,36,37)/t22-,23-,24-/m0/s1. The minimum Gasteiger partial charge on any atom is -0.471 e. The summed E-state index contributed by atoms with van der Waals surface area (Å²) in [5.74, 6) is 0.122. The van der Waals surface area contributed by atoms with Crippen LogP contribution in [0.3, 0.4) is 0 Å². The van der Waals surface area contributed by atoms with Gasteiger partial charge in [0.25, 0.3) is 0 Å². The van der Waals surface area contributed by atoms with Crippen LogP contribution in [0.2, 0.25) is 0 Å². The Morgan fingerprint density at radius 1 is 1.23 bits per heavy atom. The minimum absolute atomic E-state index is 0.0904. The van der Waals surface area contributed by atoms with E-state index < -0.39 is 24.9 Å².